The lowest BCUT2D eigenvalue weighted by Crippen LogP contribution is -2.37. The fraction of sp³-hybridized carbons (Fsp3) is 0.467. The lowest BCUT2D eigenvalue weighted by Gasteiger charge is -2.23. The summed E-state index contributed by atoms with van der Waals surface area (Å²) in [6.45, 7) is 0. The summed E-state index contributed by atoms with van der Waals surface area (Å²) < 4.78 is 6.28. The first-order valence-electron chi connectivity index (χ1n) is 7.16. The molecular weight excluding hydrogens is 354 g/mol. The second-order valence-electron chi connectivity index (χ2n) is 5.65. The van der Waals surface area contributed by atoms with Gasteiger partial charge in [0.25, 0.3) is 5.89 Å². The fourth-order valence-corrected chi connectivity index (χ4v) is 3.66. The molecule has 1 aromatic carbocycles. The van der Waals surface area contributed by atoms with Crippen LogP contribution in [0.15, 0.2) is 27.2 Å². The number of halogens is 2. The molecule has 3 rings (SSSR count). The van der Waals surface area contributed by atoms with E-state index in [1.165, 1.54) is 12.8 Å². The molecule has 0 aliphatic heterocycles. The molecule has 1 aliphatic carbocycles. The number of aromatic nitrogens is 2. The molecule has 1 aromatic heterocycles. The molecule has 2 aromatic rings. The molecule has 0 bridgehead atoms. The van der Waals surface area contributed by atoms with E-state index in [1.54, 1.807) is 6.07 Å². The van der Waals surface area contributed by atoms with Gasteiger partial charge in [0.15, 0.2) is 5.82 Å². The Morgan fingerprint density at radius 2 is 1.86 bits per heavy atom. The van der Waals surface area contributed by atoms with E-state index in [1.807, 2.05) is 12.1 Å². The average molecular weight is 371 g/mol. The van der Waals surface area contributed by atoms with Crippen LogP contribution in [0.2, 0.25) is 5.02 Å². The van der Waals surface area contributed by atoms with Gasteiger partial charge in [-0.2, -0.15) is 4.98 Å². The van der Waals surface area contributed by atoms with Crippen molar-refractivity contribution in [2.24, 2.45) is 5.73 Å². The quantitative estimate of drug-likeness (QED) is 0.781. The van der Waals surface area contributed by atoms with E-state index in [-0.39, 0.29) is 0 Å². The first-order chi connectivity index (χ1) is 10.1. The minimum atomic E-state index is -0.464. The zero-order chi connectivity index (χ0) is 14.9. The molecule has 1 fully saturated rings. The highest BCUT2D eigenvalue weighted by Gasteiger charge is 2.33. The lowest BCUT2D eigenvalue weighted by atomic mass is 9.91. The molecule has 0 spiro atoms. The first kappa shape index (κ1) is 15.0. The molecule has 0 atom stereocenters. The Hall–Kier alpha value is -0.910. The second-order valence-corrected chi connectivity index (χ2v) is 7.00. The minimum Gasteiger partial charge on any atom is -0.334 e. The molecule has 0 saturated heterocycles. The standard InChI is InChI=1S/C15H17BrClN3O/c16-11-7-10(8-12(17)9-11)13-19-14(20-21-13)15(18)5-3-1-2-4-6-15/h7-9H,1-6,18H2. The van der Waals surface area contributed by atoms with Gasteiger partial charge in [-0.3, -0.25) is 0 Å². The van der Waals surface area contributed by atoms with Gasteiger partial charge in [-0.05, 0) is 31.0 Å². The summed E-state index contributed by atoms with van der Waals surface area (Å²) in [6, 6.07) is 5.53. The van der Waals surface area contributed by atoms with E-state index in [0.717, 1.165) is 35.7 Å². The molecule has 0 unspecified atom stereocenters. The second kappa shape index (κ2) is 6.07. The van der Waals surface area contributed by atoms with Gasteiger partial charge in [0.2, 0.25) is 0 Å². The summed E-state index contributed by atoms with van der Waals surface area (Å²) in [4.78, 5) is 4.52. The number of nitrogens with two attached hydrogens (primary N) is 1. The molecule has 2 N–H and O–H groups in total. The first-order valence-corrected chi connectivity index (χ1v) is 8.33. The van der Waals surface area contributed by atoms with Gasteiger partial charge in [0.1, 0.15) is 0 Å². The number of hydrogen-bond acceptors (Lipinski definition) is 4. The summed E-state index contributed by atoms with van der Waals surface area (Å²) in [5.74, 6) is 1.07. The predicted molar refractivity (Wildman–Crippen MR) is 86.0 cm³/mol. The smallest absolute Gasteiger partial charge is 0.258 e. The molecule has 6 heteroatoms. The predicted octanol–water partition coefficient (Wildman–Crippen LogP) is 4.66. The van der Waals surface area contributed by atoms with Crippen LogP contribution in [0.4, 0.5) is 0 Å². The maximum absolute atomic E-state index is 6.51. The summed E-state index contributed by atoms with van der Waals surface area (Å²) >= 11 is 9.48. The largest absolute Gasteiger partial charge is 0.334 e. The molecule has 1 saturated carbocycles. The van der Waals surface area contributed by atoms with Gasteiger partial charge in [-0.15, -0.1) is 0 Å². The van der Waals surface area contributed by atoms with E-state index in [9.17, 15) is 0 Å². The Bertz CT molecular complexity index is 615. The van der Waals surface area contributed by atoms with Crippen LogP contribution in [-0.2, 0) is 5.54 Å². The van der Waals surface area contributed by atoms with Crippen LogP contribution in [-0.4, -0.2) is 10.1 Å². The highest BCUT2D eigenvalue weighted by atomic mass is 79.9. The molecule has 21 heavy (non-hydrogen) atoms. The number of benzene rings is 1. The van der Waals surface area contributed by atoms with Crippen LogP contribution in [0.3, 0.4) is 0 Å². The van der Waals surface area contributed by atoms with E-state index >= 15 is 0 Å². The van der Waals surface area contributed by atoms with Crippen molar-refractivity contribution < 1.29 is 4.52 Å². The molecule has 4 nitrogen and oxygen atoms in total. The van der Waals surface area contributed by atoms with Crippen LogP contribution in [0.25, 0.3) is 11.5 Å². The third-order valence-corrected chi connectivity index (χ3v) is 4.65. The molecular formula is C15H17BrClN3O. The summed E-state index contributed by atoms with van der Waals surface area (Å²) in [6.07, 6.45) is 6.50. The SMILES string of the molecule is NC1(c2noc(-c3cc(Cl)cc(Br)c3)n2)CCCCCC1. The van der Waals surface area contributed by atoms with Crippen molar-refractivity contribution in [2.75, 3.05) is 0 Å². The van der Waals surface area contributed by atoms with Crippen LogP contribution in [0.1, 0.15) is 44.3 Å². The zero-order valence-electron chi connectivity index (χ0n) is 11.6. The maximum Gasteiger partial charge on any atom is 0.258 e. The Kier molecular flexibility index (Phi) is 4.33. The Morgan fingerprint density at radius 1 is 1.14 bits per heavy atom. The van der Waals surface area contributed by atoms with Gasteiger partial charge >= 0.3 is 0 Å². The zero-order valence-corrected chi connectivity index (χ0v) is 14.0. The van der Waals surface area contributed by atoms with E-state index < -0.39 is 5.54 Å². The van der Waals surface area contributed by atoms with E-state index in [0.29, 0.717) is 16.7 Å². The van der Waals surface area contributed by atoms with Gasteiger partial charge in [-0.1, -0.05) is 58.4 Å². The minimum absolute atomic E-state index is 0.460. The van der Waals surface area contributed by atoms with Gasteiger partial charge in [0, 0.05) is 15.1 Å². The normalized spacial score (nSPS) is 18.4. The van der Waals surface area contributed by atoms with Crippen LogP contribution in [0.5, 0.6) is 0 Å². The fourth-order valence-electron chi connectivity index (χ4n) is 2.80. The maximum atomic E-state index is 6.51. The highest BCUT2D eigenvalue weighted by Crippen LogP contribution is 2.34. The molecule has 0 radical (unpaired) electrons. The van der Waals surface area contributed by atoms with Crippen molar-refractivity contribution in [3.05, 3.63) is 33.5 Å². The van der Waals surface area contributed by atoms with Crippen molar-refractivity contribution in [2.45, 2.75) is 44.1 Å². The van der Waals surface area contributed by atoms with Crippen molar-refractivity contribution in [1.82, 2.24) is 10.1 Å². The summed E-state index contributed by atoms with van der Waals surface area (Å²) in [7, 11) is 0. The Balaban J connectivity index is 1.92. The van der Waals surface area contributed by atoms with E-state index in [4.69, 9.17) is 21.9 Å². The van der Waals surface area contributed by atoms with Crippen LogP contribution >= 0.6 is 27.5 Å². The Labute approximate surface area is 137 Å². The number of nitrogens with zero attached hydrogens (tertiary/aromatic N) is 2. The van der Waals surface area contributed by atoms with Crippen LogP contribution in [0, 0.1) is 0 Å². The third-order valence-electron chi connectivity index (χ3n) is 3.98. The van der Waals surface area contributed by atoms with Gasteiger partial charge in [0.05, 0.1) is 5.54 Å². The molecule has 0 amide bonds. The van der Waals surface area contributed by atoms with Crippen LogP contribution < -0.4 is 5.73 Å². The highest BCUT2D eigenvalue weighted by molar-refractivity contribution is 9.10. The van der Waals surface area contributed by atoms with Gasteiger partial charge in [-0.25, -0.2) is 0 Å². The lowest BCUT2D eigenvalue weighted by molar-refractivity contribution is 0.334. The van der Waals surface area contributed by atoms with Crippen molar-refractivity contribution >= 4 is 27.5 Å². The molecule has 1 heterocycles. The molecule has 1 aliphatic rings. The third kappa shape index (κ3) is 3.30. The molecule has 112 valence electrons. The van der Waals surface area contributed by atoms with Crippen molar-refractivity contribution in [3.63, 3.8) is 0 Å². The van der Waals surface area contributed by atoms with E-state index in [2.05, 4.69) is 26.1 Å². The number of rotatable bonds is 2. The van der Waals surface area contributed by atoms with Crippen molar-refractivity contribution in [3.8, 4) is 11.5 Å². The summed E-state index contributed by atoms with van der Waals surface area (Å²) in [5.41, 5.74) is 6.84. The van der Waals surface area contributed by atoms with Crippen molar-refractivity contribution in [1.29, 1.82) is 0 Å². The van der Waals surface area contributed by atoms with Gasteiger partial charge < -0.3 is 10.3 Å². The topological polar surface area (TPSA) is 64.9 Å². The monoisotopic (exact) mass is 369 g/mol. The average Bonchev–Trinajstić information content (AvgIpc) is 2.83. The summed E-state index contributed by atoms with van der Waals surface area (Å²) in [5, 5.41) is 4.74. The Morgan fingerprint density at radius 3 is 2.52 bits per heavy atom. The number of hydrogen-bond donors (Lipinski definition) is 1.